The Morgan fingerprint density at radius 1 is 1.33 bits per heavy atom. The number of fused-ring (bicyclic) bond motifs is 1. The Hall–Kier alpha value is -1.26. The van der Waals surface area contributed by atoms with E-state index in [1.807, 2.05) is 6.92 Å². The topological polar surface area (TPSA) is 30.4 Å². The van der Waals surface area contributed by atoms with Gasteiger partial charge in [-0.15, -0.1) is 22.7 Å². The summed E-state index contributed by atoms with van der Waals surface area (Å²) in [6.07, 6.45) is 0. The van der Waals surface area contributed by atoms with Crippen molar-refractivity contribution in [3.63, 3.8) is 0 Å². The molecule has 76 valence electrons. The highest BCUT2D eigenvalue weighted by Gasteiger charge is 2.11. The molecule has 0 aliphatic rings. The van der Waals surface area contributed by atoms with E-state index in [0.717, 1.165) is 11.4 Å². The predicted octanol–water partition coefficient (Wildman–Crippen LogP) is 3.62. The Labute approximate surface area is 95.6 Å². The van der Waals surface area contributed by atoms with Gasteiger partial charge in [0.25, 0.3) is 0 Å². The van der Waals surface area contributed by atoms with Crippen LogP contribution in [0, 0.1) is 6.92 Å². The third-order valence-electron chi connectivity index (χ3n) is 2.51. The molecule has 0 aliphatic heterocycles. The van der Waals surface area contributed by atoms with Crippen LogP contribution in [0.1, 0.15) is 5.56 Å². The van der Waals surface area contributed by atoms with Crippen LogP contribution < -0.4 is 5.73 Å². The van der Waals surface area contributed by atoms with E-state index in [-0.39, 0.29) is 0 Å². The minimum atomic E-state index is 0.856. The van der Waals surface area contributed by atoms with Crippen LogP contribution in [0.15, 0.2) is 29.0 Å². The first kappa shape index (κ1) is 9.00. The SMILES string of the molecule is Cc1cc2scc(-c3cccs3)n2c1N. The van der Waals surface area contributed by atoms with Crippen LogP contribution in [0.2, 0.25) is 0 Å². The third kappa shape index (κ3) is 1.22. The van der Waals surface area contributed by atoms with Crippen molar-refractivity contribution in [1.82, 2.24) is 4.40 Å². The highest BCUT2D eigenvalue weighted by molar-refractivity contribution is 7.17. The molecule has 0 bridgehead atoms. The predicted molar refractivity (Wildman–Crippen MR) is 67.7 cm³/mol. The van der Waals surface area contributed by atoms with Gasteiger partial charge < -0.3 is 5.73 Å². The van der Waals surface area contributed by atoms with Gasteiger partial charge in [-0.25, -0.2) is 0 Å². The summed E-state index contributed by atoms with van der Waals surface area (Å²) in [5.74, 6) is 0.856. The highest BCUT2D eigenvalue weighted by atomic mass is 32.1. The molecule has 0 unspecified atom stereocenters. The molecule has 3 heterocycles. The number of thiazole rings is 1. The first-order valence-electron chi connectivity index (χ1n) is 4.66. The van der Waals surface area contributed by atoms with E-state index < -0.39 is 0 Å². The summed E-state index contributed by atoms with van der Waals surface area (Å²) < 4.78 is 2.13. The smallest absolute Gasteiger partial charge is 0.112 e. The highest BCUT2D eigenvalue weighted by Crippen LogP contribution is 2.33. The first-order chi connectivity index (χ1) is 7.27. The minimum Gasteiger partial charge on any atom is -0.385 e. The summed E-state index contributed by atoms with van der Waals surface area (Å²) in [5.41, 5.74) is 8.42. The van der Waals surface area contributed by atoms with Gasteiger partial charge in [0.05, 0.1) is 10.6 Å². The molecular formula is C11H10N2S2. The molecule has 4 heteroatoms. The van der Waals surface area contributed by atoms with Crippen LogP contribution in [-0.2, 0) is 0 Å². The fraction of sp³-hybridized carbons (Fsp3) is 0.0909. The fourth-order valence-electron chi connectivity index (χ4n) is 1.72. The van der Waals surface area contributed by atoms with Crippen LogP contribution in [0.5, 0.6) is 0 Å². The van der Waals surface area contributed by atoms with E-state index in [4.69, 9.17) is 5.73 Å². The molecule has 3 aromatic heterocycles. The van der Waals surface area contributed by atoms with Crippen molar-refractivity contribution in [2.24, 2.45) is 0 Å². The molecule has 0 atom stereocenters. The lowest BCUT2D eigenvalue weighted by atomic mass is 10.3. The first-order valence-corrected chi connectivity index (χ1v) is 6.42. The van der Waals surface area contributed by atoms with Gasteiger partial charge in [0.2, 0.25) is 0 Å². The quantitative estimate of drug-likeness (QED) is 0.685. The summed E-state index contributed by atoms with van der Waals surface area (Å²) in [4.78, 5) is 2.48. The number of nitrogens with two attached hydrogens (primary N) is 1. The van der Waals surface area contributed by atoms with Crippen molar-refractivity contribution in [3.8, 4) is 10.6 Å². The number of hydrogen-bond acceptors (Lipinski definition) is 3. The van der Waals surface area contributed by atoms with Crippen LogP contribution >= 0.6 is 22.7 Å². The van der Waals surface area contributed by atoms with Gasteiger partial charge in [-0.3, -0.25) is 4.40 Å². The van der Waals surface area contributed by atoms with Crippen LogP contribution in [0.25, 0.3) is 15.4 Å². The molecule has 2 nitrogen and oxygen atoms in total. The number of thiophene rings is 1. The van der Waals surface area contributed by atoms with Crippen molar-refractivity contribution in [3.05, 3.63) is 34.5 Å². The largest absolute Gasteiger partial charge is 0.385 e. The van der Waals surface area contributed by atoms with Crippen LogP contribution in [0.3, 0.4) is 0 Å². The van der Waals surface area contributed by atoms with E-state index in [9.17, 15) is 0 Å². The zero-order valence-electron chi connectivity index (χ0n) is 8.23. The summed E-state index contributed by atoms with van der Waals surface area (Å²) in [7, 11) is 0. The number of nitrogens with zero attached hydrogens (tertiary/aromatic N) is 1. The zero-order chi connectivity index (χ0) is 10.4. The number of aryl methyl sites for hydroxylation is 1. The van der Waals surface area contributed by atoms with Gasteiger partial charge in [0.15, 0.2) is 0 Å². The molecule has 3 aromatic rings. The summed E-state index contributed by atoms with van der Waals surface area (Å²) in [5, 5.41) is 4.25. The van der Waals surface area contributed by atoms with Gasteiger partial charge in [0.1, 0.15) is 10.6 Å². The molecule has 0 aromatic carbocycles. The molecule has 2 N–H and O–H groups in total. The average Bonchev–Trinajstić information content (AvgIpc) is 2.86. The van der Waals surface area contributed by atoms with Crippen LogP contribution in [0.4, 0.5) is 5.82 Å². The Morgan fingerprint density at radius 3 is 2.93 bits per heavy atom. The Morgan fingerprint density at radius 2 is 2.20 bits per heavy atom. The summed E-state index contributed by atoms with van der Waals surface area (Å²) >= 11 is 3.48. The second-order valence-corrected chi connectivity index (χ2v) is 5.32. The number of nitrogen functional groups attached to an aromatic ring is 1. The van der Waals surface area contributed by atoms with Gasteiger partial charge in [-0.05, 0) is 30.0 Å². The van der Waals surface area contributed by atoms with Crippen LogP contribution in [-0.4, -0.2) is 4.40 Å². The fourth-order valence-corrected chi connectivity index (χ4v) is 3.53. The van der Waals surface area contributed by atoms with Gasteiger partial charge in [-0.2, -0.15) is 0 Å². The van der Waals surface area contributed by atoms with E-state index in [1.165, 1.54) is 15.4 Å². The Bertz CT molecular complexity index is 602. The normalized spacial score (nSPS) is 11.3. The molecule has 0 saturated carbocycles. The standard InChI is InChI=1S/C11H10N2S2/c1-7-5-10-13(11(7)12)8(6-15-10)9-3-2-4-14-9/h2-6H,12H2,1H3. The van der Waals surface area contributed by atoms with Crippen molar-refractivity contribution >= 4 is 33.3 Å². The summed E-state index contributed by atoms with van der Waals surface area (Å²) in [6, 6.07) is 6.33. The number of hydrogen-bond donors (Lipinski definition) is 1. The molecule has 0 aliphatic carbocycles. The lowest BCUT2D eigenvalue weighted by Crippen LogP contribution is -1.93. The number of aromatic nitrogens is 1. The number of rotatable bonds is 1. The molecule has 0 fully saturated rings. The third-order valence-corrected chi connectivity index (χ3v) is 4.29. The van der Waals surface area contributed by atoms with Gasteiger partial charge in [0, 0.05) is 5.38 Å². The maximum absolute atomic E-state index is 6.06. The minimum absolute atomic E-state index is 0.856. The second-order valence-electron chi connectivity index (χ2n) is 3.48. The molecule has 0 saturated heterocycles. The molecule has 0 radical (unpaired) electrons. The molecule has 15 heavy (non-hydrogen) atoms. The maximum atomic E-state index is 6.06. The van der Waals surface area contributed by atoms with E-state index >= 15 is 0 Å². The Balaban J connectivity index is 2.36. The average molecular weight is 234 g/mol. The van der Waals surface area contributed by atoms with Gasteiger partial charge >= 0.3 is 0 Å². The van der Waals surface area contributed by atoms with Crippen molar-refractivity contribution < 1.29 is 0 Å². The van der Waals surface area contributed by atoms with E-state index in [0.29, 0.717) is 0 Å². The zero-order valence-corrected chi connectivity index (χ0v) is 9.86. The lowest BCUT2D eigenvalue weighted by Gasteiger charge is -1.99. The molecular weight excluding hydrogens is 224 g/mol. The molecule has 0 spiro atoms. The van der Waals surface area contributed by atoms with Crippen molar-refractivity contribution in [1.29, 1.82) is 0 Å². The maximum Gasteiger partial charge on any atom is 0.112 e. The molecule has 0 amide bonds. The number of anilines is 1. The van der Waals surface area contributed by atoms with Gasteiger partial charge in [-0.1, -0.05) is 6.07 Å². The van der Waals surface area contributed by atoms with E-state index in [2.05, 4.69) is 33.4 Å². The monoisotopic (exact) mass is 234 g/mol. The molecule has 3 rings (SSSR count). The van der Waals surface area contributed by atoms with Crippen molar-refractivity contribution in [2.45, 2.75) is 6.92 Å². The van der Waals surface area contributed by atoms with Crippen molar-refractivity contribution in [2.75, 3.05) is 5.73 Å². The second kappa shape index (κ2) is 3.12. The Kier molecular flexibility index (Phi) is 1.87. The lowest BCUT2D eigenvalue weighted by molar-refractivity contribution is 1.25. The summed E-state index contributed by atoms with van der Waals surface area (Å²) in [6.45, 7) is 2.05. The van der Waals surface area contributed by atoms with E-state index in [1.54, 1.807) is 22.7 Å².